The lowest BCUT2D eigenvalue weighted by atomic mass is 10.1. The van der Waals surface area contributed by atoms with Crippen LogP contribution in [0.4, 0.5) is 4.39 Å². The van der Waals surface area contributed by atoms with Gasteiger partial charge in [-0.3, -0.25) is 0 Å². The predicted molar refractivity (Wildman–Crippen MR) is 64.5 cm³/mol. The van der Waals surface area contributed by atoms with Crippen LogP contribution in [-0.4, -0.2) is 10.1 Å². The van der Waals surface area contributed by atoms with Crippen molar-refractivity contribution < 1.29 is 9.50 Å². The minimum absolute atomic E-state index is 0.0437. The van der Waals surface area contributed by atoms with E-state index in [1.54, 1.807) is 18.2 Å². The van der Waals surface area contributed by atoms with Gasteiger partial charge in [0.25, 0.3) is 0 Å². The molecule has 0 saturated carbocycles. The molecule has 0 unspecified atom stereocenters. The number of hydrogen-bond donors (Lipinski definition) is 2. The van der Waals surface area contributed by atoms with E-state index in [0.29, 0.717) is 11.3 Å². The Morgan fingerprint density at radius 3 is 2.75 bits per heavy atom. The fourth-order valence-corrected chi connectivity index (χ4v) is 1.98. The number of aromatic nitrogens is 1. The van der Waals surface area contributed by atoms with Crippen molar-refractivity contribution in [3.8, 4) is 11.3 Å². The molecule has 16 heavy (non-hydrogen) atoms. The number of aliphatic hydroxyl groups is 1. The van der Waals surface area contributed by atoms with E-state index in [2.05, 4.69) is 20.9 Å². The minimum atomic E-state index is -0.283. The lowest BCUT2D eigenvalue weighted by Gasteiger charge is -2.01. The largest absolute Gasteiger partial charge is 0.392 e. The second kappa shape index (κ2) is 4.39. The molecule has 0 amide bonds. The van der Waals surface area contributed by atoms with Crippen LogP contribution in [0.3, 0.4) is 0 Å². The third kappa shape index (κ3) is 2.03. The number of hydrogen-bond acceptors (Lipinski definition) is 1. The minimum Gasteiger partial charge on any atom is -0.392 e. The zero-order valence-corrected chi connectivity index (χ0v) is 10.3. The normalized spacial score (nSPS) is 10.8. The second-order valence-corrected chi connectivity index (χ2v) is 4.53. The number of nitrogens with one attached hydrogen (secondary N) is 1. The van der Waals surface area contributed by atoms with Crippen molar-refractivity contribution in [2.45, 2.75) is 13.5 Å². The third-order valence-electron chi connectivity index (χ3n) is 2.51. The van der Waals surface area contributed by atoms with Gasteiger partial charge in [0.1, 0.15) is 5.82 Å². The zero-order valence-electron chi connectivity index (χ0n) is 8.72. The van der Waals surface area contributed by atoms with Gasteiger partial charge in [0.05, 0.1) is 6.61 Å². The van der Waals surface area contributed by atoms with E-state index in [1.165, 1.54) is 6.07 Å². The Hall–Kier alpha value is -1.13. The fourth-order valence-electron chi connectivity index (χ4n) is 1.61. The van der Waals surface area contributed by atoms with Gasteiger partial charge >= 0.3 is 0 Å². The van der Waals surface area contributed by atoms with Crippen LogP contribution in [0, 0.1) is 12.7 Å². The lowest BCUT2D eigenvalue weighted by Crippen LogP contribution is -1.84. The molecule has 4 heteroatoms. The van der Waals surface area contributed by atoms with Crippen molar-refractivity contribution in [2.75, 3.05) is 0 Å². The first-order chi connectivity index (χ1) is 7.61. The Morgan fingerprint density at radius 2 is 2.12 bits per heavy atom. The first-order valence-corrected chi connectivity index (χ1v) is 5.66. The van der Waals surface area contributed by atoms with E-state index in [-0.39, 0.29) is 12.4 Å². The van der Waals surface area contributed by atoms with Gasteiger partial charge in [-0.2, -0.15) is 0 Å². The zero-order chi connectivity index (χ0) is 11.7. The summed E-state index contributed by atoms with van der Waals surface area (Å²) in [6.45, 7) is 1.81. The Kier molecular flexibility index (Phi) is 3.12. The van der Waals surface area contributed by atoms with Crippen molar-refractivity contribution in [3.63, 3.8) is 0 Å². The van der Waals surface area contributed by atoms with Crippen molar-refractivity contribution in [1.82, 2.24) is 4.98 Å². The quantitative estimate of drug-likeness (QED) is 0.871. The van der Waals surface area contributed by atoms with E-state index < -0.39 is 0 Å². The molecular formula is C12H11BrFNO. The van der Waals surface area contributed by atoms with Crippen molar-refractivity contribution >= 4 is 15.9 Å². The fraction of sp³-hybridized carbons (Fsp3) is 0.167. The maximum absolute atomic E-state index is 13.6. The second-order valence-electron chi connectivity index (χ2n) is 3.62. The number of aliphatic hydroxyl groups excluding tert-OH is 1. The number of rotatable bonds is 2. The molecule has 0 aliphatic rings. The lowest BCUT2D eigenvalue weighted by molar-refractivity contribution is 0.281. The van der Waals surface area contributed by atoms with Gasteiger partial charge in [0.15, 0.2) is 0 Å². The maximum Gasteiger partial charge on any atom is 0.132 e. The smallest absolute Gasteiger partial charge is 0.132 e. The van der Waals surface area contributed by atoms with Gasteiger partial charge in [-0.05, 0) is 36.8 Å². The Bertz CT molecular complexity index is 522. The maximum atomic E-state index is 13.6. The summed E-state index contributed by atoms with van der Waals surface area (Å²) < 4.78 is 14.4. The summed E-state index contributed by atoms with van der Waals surface area (Å²) in [7, 11) is 0. The molecule has 1 aromatic carbocycles. The highest BCUT2D eigenvalue weighted by Crippen LogP contribution is 2.27. The van der Waals surface area contributed by atoms with Gasteiger partial charge in [-0.15, -0.1) is 0 Å². The highest BCUT2D eigenvalue weighted by Gasteiger charge is 2.10. The molecule has 0 bridgehead atoms. The van der Waals surface area contributed by atoms with Crippen LogP contribution in [-0.2, 0) is 6.61 Å². The average Bonchev–Trinajstić information content (AvgIpc) is 2.63. The van der Waals surface area contributed by atoms with E-state index in [0.717, 1.165) is 15.7 Å². The molecule has 1 heterocycles. The molecule has 1 aromatic heterocycles. The van der Waals surface area contributed by atoms with Gasteiger partial charge in [0, 0.05) is 21.4 Å². The van der Waals surface area contributed by atoms with E-state index in [1.807, 2.05) is 6.92 Å². The third-order valence-corrected chi connectivity index (χ3v) is 3.00. The van der Waals surface area contributed by atoms with Crippen molar-refractivity contribution in [1.29, 1.82) is 0 Å². The molecule has 0 saturated heterocycles. The number of aryl methyl sites for hydroxylation is 1. The SMILES string of the molecule is Cc1[nH]c(-c2cc(Br)ccc2F)cc1CO. The molecule has 2 rings (SSSR count). The molecule has 0 fully saturated rings. The first-order valence-electron chi connectivity index (χ1n) is 4.86. The Balaban J connectivity index is 2.53. The monoisotopic (exact) mass is 283 g/mol. The van der Waals surface area contributed by atoms with Crippen molar-refractivity contribution in [3.05, 3.63) is 45.8 Å². The van der Waals surface area contributed by atoms with Gasteiger partial charge < -0.3 is 10.1 Å². The summed E-state index contributed by atoms with van der Waals surface area (Å²) in [6.07, 6.45) is 0. The topological polar surface area (TPSA) is 36.0 Å². The van der Waals surface area contributed by atoms with Crippen LogP contribution >= 0.6 is 15.9 Å². The van der Waals surface area contributed by atoms with Crippen LogP contribution in [0.15, 0.2) is 28.7 Å². The Morgan fingerprint density at radius 1 is 1.38 bits per heavy atom. The van der Waals surface area contributed by atoms with Gasteiger partial charge in [-0.25, -0.2) is 4.39 Å². The van der Waals surface area contributed by atoms with Crippen LogP contribution in [0.5, 0.6) is 0 Å². The van der Waals surface area contributed by atoms with Crippen molar-refractivity contribution in [2.24, 2.45) is 0 Å². The van der Waals surface area contributed by atoms with E-state index in [4.69, 9.17) is 5.11 Å². The molecule has 84 valence electrons. The highest BCUT2D eigenvalue weighted by molar-refractivity contribution is 9.10. The van der Waals surface area contributed by atoms with Crippen LogP contribution in [0.25, 0.3) is 11.3 Å². The highest BCUT2D eigenvalue weighted by atomic mass is 79.9. The predicted octanol–water partition coefficient (Wildman–Crippen LogP) is 3.38. The first kappa shape index (κ1) is 11.4. The molecular weight excluding hydrogens is 273 g/mol. The summed E-state index contributed by atoms with van der Waals surface area (Å²) in [4.78, 5) is 3.06. The summed E-state index contributed by atoms with van der Waals surface area (Å²) in [6, 6.07) is 6.54. The summed E-state index contributed by atoms with van der Waals surface area (Å²) in [5.41, 5.74) is 2.82. The van der Waals surface area contributed by atoms with Crippen LogP contribution < -0.4 is 0 Å². The number of H-pyrrole nitrogens is 1. The molecule has 2 aromatic rings. The number of benzene rings is 1. The van der Waals surface area contributed by atoms with Gasteiger partial charge in [0.2, 0.25) is 0 Å². The Labute approximate surface area is 101 Å². The molecule has 2 nitrogen and oxygen atoms in total. The summed E-state index contributed by atoms with van der Waals surface area (Å²) >= 11 is 3.31. The molecule has 0 aliphatic carbocycles. The number of halogens is 2. The summed E-state index contributed by atoms with van der Waals surface area (Å²) in [5, 5.41) is 9.08. The van der Waals surface area contributed by atoms with E-state index in [9.17, 15) is 4.39 Å². The molecule has 0 radical (unpaired) electrons. The van der Waals surface area contributed by atoms with Crippen LogP contribution in [0.2, 0.25) is 0 Å². The molecule has 0 aliphatic heterocycles. The molecule has 0 atom stereocenters. The van der Waals surface area contributed by atoms with Crippen LogP contribution in [0.1, 0.15) is 11.3 Å². The van der Waals surface area contributed by atoms with E-state index >= 15 is 0 Å². The molecule has 2 N–H and O–H groups in total. The number of aromatic amines is 1. The molecule has 0 spiro atoms. The standard InChI is InChI=1S/C12H11BrFNO/c1-7-8(6-16)4-12(15-7)10-5-9(13)2-3-11(10)14/h2-5,15-16H,6H2,1H3. The summed E-state index contributed by atoms with van der Waals surface area (Å²) in [5.74, 6) is -0.283. The van der Waals surface area contributed by atoms with Gasteiger partial charge in [-0.1, -0.05) is 15.9 Å². The average molecular weight is 284 g/mol.